The van der Waals surface area contributed by atoms with Crippen molar-refractivity contribution < 1.29 is 20.4 Å². The van der Waals surface area contributed by atoms with Crippen LogP contribution >= 0.6 is 31.7 Å². The first kappa shape index (κ1) is 76.9. The minimum atomic E-state index is -0.446. The fourth-order valence-electron chi connectivity index (χ4n) is 9.25. The largest absolute Gasteiger partial charge is 0.0708 e. The van der Waals surface area contributed by atoms with E-state index in [9.17, 15) is 0 Å². The van der Waals surface area contributed by atoms with Crippen molar-refractivity contribution in [2.45, 2.75) is 55.4 Å². The van der Waals surface area contributed by atoms with E-state index in [1.54, 1.807) is 0 Å². The van der Waals surface area contributed by atoms with Crippen molar-refractivity contribution in [3.05, 3.63) is 394 Å². The van der Waals surface area contributed by atoms with Crippen molar-refractivity contribution >= 4 is 111 Å². The number of benzene rings is 13. The average molecular weight is 1380 g/mol. The van der Waals surface area contributed by atoms with Gasteiger partial charge in [0.15, 0.2) is 0 Å². The van der Waals surface area contributed by atoms with E-state index in [-0.39, 0.29) is 20.4 Å². The predicted molar refractivity (Wildman–Crippen MR) is 422 cm³/mol. The molecule has 92 heavy (non-hydrogen) atoms. The molecule has 0 atom stereocenters. The molecule has 6 heteroatoms. The quantitative estimate of drug-likeness (QED) is 0.0845. The van der Waals surface area contributed by atoms with Crippen LogP contribution in [0.4, 0.5) is 0 Å². The van der Waals surface area contributed by atoms with Crippen LogP contribution in [0.3, 0.4) is 0 Å². The van der Waals surface area contributed by atoms with Crippen molar-refractivity contribution in [2.24, 2.45) is 0 Å². The first-order chi connectivity index (χ1) is 45.2. The third kappa shape index (κ3) is 26.2. The second-order valence-corrected chi connectivity index (χ2v) is 29.1. The van der Waals surface area contributed by atoms with Gasteiger partial charge >= 0.3 is 0 Å². The summed E-state index contributed by atoms with van der Waals surface area (Å²) in [6.07, 6.45) is 0. The molecular formula is C86H92P4PdSi. The smallest absolute Gasteiger partial charge is 0.0384 e. The van der Waals surface area contributed by atoms with Crippen LogP contribution in [0.25, 0.3) is 0 Å². The van der Waals surface area contributed by atoms with Gasteiger partial charge in [0.2, 0.25) is 0 Å². The maximum absolute atomic E-state index is 2.23. The molecule has 0 aliphatic rings. The molecule has 0 amide bonds. The zero-order chi connectivity index (χ0) is 64.8. The van der Waals surface area contributed by atoms with Crippen molar-refractivity contribution in [3.8, 4) is 0 Å². The minimum absolute atomic E-state index is 0. The fourth-order valence-corrected chi connectivity index (χ4v) is 18.9. The Morgan fingerprint density at radius 2 is 0.217 bits per heavy atom. The maximum atomic E-state index is 2.23. The molecule has 0 N–H and O–H groups in total. The SMILES string of the molecule is CC.CC.CC.CC.[Pd].[SiH3]c1ccccc1.c1ccc(P(c2ccccc2)c2ccccc2)cc1.c1ccc(P(c2ccccc2)c2ccccc2)cc1.c1ccc(P(c2ccccc2)c2ccccc2)cc1.c1ccc(P(c2ccccc2)c2ccccc2)cc1. The van der Waals surface area contributed by atoms with E-state index < -0.39 is 31.7 Å². The van der Waals surface area contributed by atoms with Gasteiger partial charge in [0, 0.05) is 30.7 Å². The molecule has 0 radical (unpaired) electrons. The van der Waals surface area contributed by atoms with Crippen molar-refractivity contribution in [3.63, 3.8) is 0 Å². The summed E-state index contributed by atoms with van der Waals surface area (Å²) < 4.78 is 0. The fraction of sp³-hybridized carbons (Fsp3) is 0.0930. The summed E-state index contributed by atoms with van der Waals surface area (Å²) in [4.78, 5) is 0. The van der Waals surface area contributed by atoms with Gasteiger partial charge < -0.3 is 0 Å². The van der Waals surface area contributed by atoms with Crippen molar-refractivity contribution in [1.82, 2.24) is 0 Å². The third-order valence-corrected chi connectivity index (χ3v) is 23.6. The molecule has 0 unspecified atom stereocenters. The van der Waals surface area contributed by atoms with Crippen LogP contribution in [0.1, 0.15) is 55.4 Å². The van der Waals surface area contributed by atoms with E-state index in [0.717, 1.165) is 0 Å². The Balaban J connectivity index is 0.000000243. The molecule has 0 aliphatic carbocycles. The summed E-state index contributed by atoms with van der Waals surface area (Å²) in [6, 6.07) is 140. The molecule has 13 aromatic rings. The Bertz CT molecular complexity index is 2910. The second-order valence-electron chi connectivity index (χ2n) is 19.0. The van der Waals surface area contributed by atoms with E-state index in [1.165, 1.54) is 79.1 Å². The molecule has 13 aromatic carbocycles. The number of hydrogen-bond donors (Lipinski definition) is 0. The molecule has 0 aliphatic heterocycles. The van der Waals surface area contributed by atoms with Gasteiger partial charge in [0.25, 0.3) is 0 Å². The van der Waals surface area contributed by atoms with Crippen molar-refractivity contribution in [2.75, 3.05) is 0 Å². The summed E-state index contributed by atoms with van der Waals surface area (Å²) in [5.74, 6) is 0. The Hall–Kier alpha value is -7.54. The van der Waals surface area contributed by atoms with Gasteiger partial charge in [-0.15, -0.1) is 0 Å². The molecule has 0 spiro atoms. The van der Waals surface area contributed by atoms with Gasteiger partial charge in [-0.05, 0) is 95.3 Å². The van der Waals surface area contributed by atoms with Gasteiger partial charge in [-0.25, -0.2) is 0 Å². The molecule has 470 valence electrons. The standard InChI is InChI=1S/4C18H15P.C6H8Si.4C2H6.Pd/c4*1-4-10-16(11-5-1)19(17-12-6-2-7-13-17)18-14-8-3-9-15-18;7-6-4-2-1-3-5-6;4*1-2;/h4*1-15H;1-5H,7H3;4*1-2H3;. The summed E-state index contributed by atoms with van der Waals surface area (Å²) in [6.45, 7) is 16.0. The van der Waals surface area contributed by atoms with Crippen LogP contribution in [0.15, 0.2) is 394 Å². The van der Waals surface area contributed by atoms with Gasteiger partial charge in [-0.3, -0.25) is 0 Å². The Morgan fingerprint density at radius 3 is 0.283 bits per heavy atom. The van der Waals surface area contributed by atoms with E-state index >= 15 is 0 Å². The molecule has 0 saturated heterocycles. The molecule has 0 fully saturated rings. The molecular weight excluding hydrogens is 1290 g/mol. The Labute approximate surface area is 576 Å². The van der Waals surface area contributed by atoms with Crippen LogP contribution in [-0.2, 0) is 20.4 Å². The van der Waals surface area contributed by atoms with Crippen LogP contribution in [-0.4, -0.2) is 10.2 Å². The number of hydrogen-bond acceptors (Lipinski definition) is 0. The Kier molecular flexibility index (Phi) is 40.3. The average Bonchev–Trinajstić information content (AvgIpc) is 1.25. The Morgan fingerprint density at radius 1 is 0.141 bits per heavy atom. The minimum Gasteiger partial charge on any atom is -0.0708 e. The zero-order valence-corrected chi connectivity index (χ0v) is 62.3. The van der Waals surface area contributed by atoms with E-state index in [0.29, 0.717) is 0 Å². The summed E-state index contributed by atoms with van der Waals surface area (Å²) in [7, 11) is -0.610. The van der Waals surface area contributed by atoms with Crippen LogP contribution < -0.4 is 68.8 Å². The maximum Gasteiger partial charge on any atom is 0.0384 e. The third-order valence-electron chi connectivity index (χ3n) is 13.1. The van der Waals surface area contributed by atoms with Gasteiger partial charge in [-0.1, -0.05) is 455 Å². The van der Waals surface area contributed by atoms with Crippen LogP contribution in [0, 0.1) is 0 Å². The molecule has 13 rings (SSSR count). The summed E-state index contributed by atoms with van der Waals surface area (Å²) in [5.41, 5.74) is 0. The van der Waals surface area contributed by atoms with Gasteiger partial charge in [0.1, 0.15) is 0 Å². The number of rotatable bonds is 12. The first-order valence-corrected chi connectivity index (χ1v) is 38.4. The monoisotopic (exact) mass is 1380 g/mol. The molecule has 0 bridgehead atoms. The van der Waals surface area contributed by atoms with Crippen LogP contribution in [0.2, 0.25) is 0 Å². The summed E-state index contributed by atoms with van der Waals surface area (Å²) >= 11 is 0. The van der Waals surface area contributed by atoms with Crippen molar-refractivity contribution in [1.29, 1.82) is 0 Å². The summed E-state index contributed by atoms with van der Waals surface area (Å²) in [5, 5.41) is 18.2. The topological polar surface area (TPSA) is 0 Å². The van der Waals surface area contributed by atoms with E-state index in [1.807, 2.05) is 61.5 Å². The normalized spacial score (nSPS) is 9.70. The van der Waals surface area contributed by atoms with Crippen LogP contribution in [0.5, 0.6) is 0 Å². The second kappa shape index (κ2) is 48.2. The molecule has 0 saturated carbocycles. The molecule has 0 nitrogen and oxygen atoms in total. The van der Waals surface area contributed by atoms with Gasteiger partial charge in [-0.2, -0.15) is 0 Å². The molecule has 0 heterocycles. The zero-order valence-electron chi connectivity index (χ0n) is 55.1. The van der Waals surface area contributed by atoms with E-state index in [2.05, 4.69) is 388 Å². The first-order valence-electron chi connectivity index (χ1n) is 32.0. The molecule has 0 aromatic heterocycles. The van der Waals surface area contributed by atoms with E-state index in [4.69, 9.17) is 0 Å². The van der Waals surface area contributed by atoms with Gasteiger partial charge in [0.05, 0.1) is 0 Å². The predicted octanol–water partition coefficient (Wildman–Crippen LogP) is 17.6.